The fraction of sp³-hybridized carbons (Fsp3) is 0.562. The van der Waals surface area contributed by atoms with Gasteiger partial charge in [-0.15, -0.1) is 0 Å². The van der Waals surface area contributed by atoms with E-state index >= 15 is 0 Å². The lowest BCUT2D eigenvalue weighted by Gasteiger charge is -2.12. The summed E-state index contributed by atoms with van der Waals surface area (Å²) in [6, 6.07) is 6.30. The van der Waals surface area contributed by atoms with E-state index in [9.17, 15) is 4.79 Å². The Kier molecular flexibility index (Phi) is 7.09. The molecule has 1 atom stereocenters. The van der Waals surface area contributed by atoms with Crippen molar-refractivity contribution in [3.63, 3.8) is 0 Å². The smallest absolute Gasteiger partial charge is 0.314 e. The first-order valence-electron chi connectivity index (χ1n) is 7.21. The first-order chi connectivity index (χ1) is 9.51. The van der Waals surface area contributed by atoms with Crippen molar-refractivity contribution in [2.45, 2.75) is 33.6 Å². The second kappa shape index (κ2) is 8.59. The van der Waals surface area contributed by atoms with E-state index < -0.39 is 0 Å². The maximum atomic E-state index is 11.6. The Labute approximate surface area is 121 Å². The lowest BCUT2D eigenvalue weighted by molar-refractivity contribution is 0.234. The van der Waals surface area contributed by atoms with Crippen molar-refractivity contribution >= 4 is 6.03 Å². The molecule has 0 heterocycles. The number of urea groups is 1. The van der Waals surface area contributed by atoms with Gasteiger partial charge in [0.1, 0.15) is 0 Å². The fourth-order valence-corrected chi connectivity index (χ4v) is 2.19. The molecule has 2 amide bonds. The molecule has 112 valence electrons. The van der Waals surface area contributed by atoms with Gasteiger partial charge in [0.15, 0.2) is 0 Å². The van der Waals surface area contributed by atoms with Gasteiger partial charge >= 0.3 is 6.03 Å². The number of hydrogen-bond acceptors (Lipinski definition) is 2. The third kappa shape index (κ3) is 6.57. The number of hydrogen-bond donors (Lipinski definition) is 3. The predicted molar refractivity (Wildman–Crippen MR) is 81.9 cm³/mol. The van der Waals surface area contributed by atoms with Gasteiger partial charge in [-0.2, -0.15) is 0 Å². The highest BCUT2D eigenvalue weighted by molar-refractivity contribution is 5.73. The van der Waals surface area contributed by atoms with Gasteiger partial charge in [-0.05, 0) is 38.2 Å². The number of nitrogens with one attached hydrogen (secondary N) is 2. The first-order valence-corrected chi connectivity index (χ1v) is 7.21. The minimum absolute atomic E-state index is 0.140. The molecule has 1 unspecified atom stereocenters. The van der Waals surface area contributed by atoms with Crippen LogP contribution in [0.2, 0.25) is 0 Å². The van der Waals surface area contributed by atoms with Crippen LogP contribution in [-0.2, 0) is 6.42 Å². The summed E-state index contributed by atoms with van der Waals surface area (Å²) >= 11 is 0. The van der Waals surface area contributed by atoms with E-state index in [0.29, 0.717) is 25.4 Å². The zero-order chi connectivity index (χ0) is 15.0. The first kappa shape index (κ1) is 16.5. The van der Waals surface area contributed by atoms with Crippen molar-refractivity contribution in [1.29, 1.82) is 0 Å². The van der Waals surface area contributed by atoms with E-state index in [2.05, 4.69) is 42.7 Å². The molecule has 20 heavy (non-hydrogen) atoms. The number of aryl methyl sites for hydroxylation is 2. The maximum Gasteiger partial charge on any atom is 0.314 e. The fourth-order valence-electron chi connectivity index (χ4n) is 2.19. The molecule has 3 N–H and O–H groups in total. The van der Waals surface area contributed by atoms with Gasteiger partial charge in [0.05, 0.1) is 0 Å². The molecule has 4 nitrogen and oxygen atoms in total. The summed E-state index contributed by atoms with van der Waals surface area (Å²) in [5, 5.41) is 14.5. The van der Waals surface area contributed by atoms with Crippen molar-refractivity contribution < 1.29 is 9.90 Å². The Bertz CT molecular complexity index is 412. The summed E-state index contributed by atoms with van der Waals surface area (Å²) in [6.45, 7) is 7.56. The number of rotatable bonds is 7. The van der Waals surface area contributed by atoms with Crippen LogP contribution in [0.15, 0.2) is 18.2 Å². The van der Waals surface area contributed by atoms with Gasteiger partial charge < -0.3 is 15.7 Å². The summed E-state index contributed by atoms with van der Waals surface area (Å²) < 4.78 is 0. The van der Waals surface area contributed by atoms with Gasteiger partial charge in [0.25, 0.3) is 0 Å². The van der Waals surface area contributed by atoms with Crippen molar-refractivity contribution in [3.8, 4) is 0 Å². The van der Waals surface area contributed by atoms with E-state index in [1.165, 1.54) is 16.7 Å². The highest BCUT2D eigenvalue weighted by Gasteiger charge is 2.04. The molecule has 0 bridgehead atoms. The molecule has 0 fully saturated rings. The lowest BCUT2D eigenvalue weighted by atomic mass is 10.1. The van der Waals surface area contributed by atoms with E-state index in [-0.39, 0.29) is 12.6 Å². The van der Waals surface area contributed by atoms with Crippen LogP contribution < -0.4 is 10.6 Å². The van der Waals surface area contributed by atoms with Crippen LogP contribution in [0.5, 0.6) is 0 Å². The van der Waals surface area contributed by atoms with Crippen LogP contribution in [0.1, 0.15) is 30.0 Å². The largest absolute Gasteiger partial charge is 0.396 e. The monoisotopic (exact) mass is 278 g/mol. The summed E-state index contributed by atoms with van der Waals surface area (Å²) in [6.07, 6.45) is 1.55. The molecule has 0 saturated heterocycles. The molecule has 0 spiro atoms. The predicted octanol–water partition coefficient (Wildman–Crippen LogP) is 2.16. The van der Waals surface area contributed by atoms with E-state index in [1.807, 2.05) is 6.92 Å². The molecule has 0 radical (unpaired) electrons. The number of benzene rings is 1. The molecule has 0 aliphatic heterocycles. The summed E-state index contributed by atoms with van der Waals surface area (Å²) in [7, 11) is 0. The molecule has 0 aliphatic rings. The van der Waals surface area contributed by atoms with Crippen LogP contribution in [0.25, 0.3) is 0 Å². The van der Waals surface area contributed by atoms with Gasteiger partial charge in [0, 0.05) is 19.7 Å². The van der Waals surface area contributed by atoms with Crippen molar-refractivity contribution in [1.82, 2.24) is 10.6 Å². The quantitative estimate of drug-likeness (QED) is 0.716. The molecule has 1 rings (SSSR count). The zero-order valence-electron chi connectivity index (χ0n) is 12.7. The molecule has 0 aromatic heterocycles. The van der Waals surface area contributed by atoms with Crippen molar-refractivity contribution in [3.05, 3.63) is 34.9 Å². The number of amides is 2. The highest BCUT2D eigenvalue weighted by atomic mass is 16.3. The lowest BCUT2D eigenvalue weighted by Crippen LogP contribution is -2.38. The van der Waals surface area contributed by atoms with Gasteiger partial charge in [-0.25, -0.2) is 4.79 Å². The summed E-state index contributed by atoms with van der Waals surface area (Å²) in [5.74, 6) is 0.296. The molecule has 0 aliphatic carbocycles. The zero-order valence-corrected chi connectivity index (χ0v) is 12.7. The molecular formula is C16H26N2O2. The molecular weight excluding hydrogens is 252 g/mol. The van der Waals surface area contributed by atoms with Gasteiger partial charge in [0.2, 0.25) is 0 Å². The standard InChI is InChI=1S/C16H26N2O2/c1-12(5-7-19)11-18-16(20)17-6-4-15-9-13(2)8-14(3)10-15/h8-10,12,19H,4-7,11H2,1-3H3,(H2,17,18,20). The van der Waals surface area contributed by atoms with Gasteiger partial charge in [-0.1, -0.05) is 36.2 Å². The van der Waals surface area contributed by atoms with E-state index in [0.717, 1.165) is 6.42 Å². The van der Waals surface area contributed by atoms with Crippen LogP contribution in [0.4, 0.5) is 4.79 Å². The Hall–Kier alpha value is -1.55. The third-order valence-electron chi connectivity index (χ3n) is 3.21. The third-order valence-corrected chi connectivity index (χ3v) is 3.21. The van der Waals surface area contributed by atoms with E-state index in [4.69, 9.17) is 5.11 Å². The second-order valence-electron chi connectivity index (χ2n) is 5.50. The average molecular weight is 278 g/mol. The minimum Gasteiger partial charge on any atom is -0.396 e. The van der Waals surface area contributed by atoms with E-state index in [1.54, 1.807) is 0 Å². The molecule has 4 heteroatoms. The van der Waals surface area contributed by atoms with Crippen LogP contribution in [0, 0.1) is 19.8 Å². The SMILES string of the molecule is Cc1cc(C)cc(CCNC(=O)NCC(C)CCO)c1. The number of carbonyl (C=O) groups excluding carboxylic acids is 1. The number of carbonyl (C=O) groups is 1. The van der Waals surface area contributed by atoms with Gasteiger partial charge in [-0.3, -0.25) is 0 Å². The van der Waals surface area contributed by atoms with Crippen LogP contribution in [-0.4, -0.2) is 30.8 Å². The Morgan fingerprint density at radius 3 is 2.45 bits per heavy atom. The van der Waals surface area contributed by atoms with Crippen molar-refractivity contribution in [2.75, 3.05) is 19.7 Å². The van der Waals surface area contributed by atoms with Crippen LogP contribution >= 0.6 is 0 Å². The summed E-state index contributed by atoms with van der Waals surface area (Å²) in [5.41, 5.74) is 3.75. The highest BCUT2D eigenvalue weighted by Crippen LogP contribution is 2.08. The molecule has 1 aromatic rings. The normalized spacial score (nSPS) is 12.0. The van der Waals surface area contributed by atoms with Crippen molar-refractivity contribution in [2.24, 2.45) is 5.92 Å². The number of aliphatic hydroxyl groups excluding tert-OH is 1. The summed E-state index contributed by atoms with van der Waals surface area (Å²) in [4.78, 5) is 11.6. The molecule has 1 aromatic carbocycles. The van der Waals surface area contributed by atoms with Crippen LogP contribution in [0.3, 0.4) is 0 Å². The Balaban J connectivity index is 2.24. The molecule has 0 saturated carbocycles. The number of aliphatic hydroxyl groups is 1. The average Bonchev–Trinajstić information content (AvgIpc) is 2.35. The minimum atomic E-state index is -0.140. The maximum absolute atomic E-state index is 11.6. The Morgan fingerprint density at radius 2 is 1.85 bits per heavy atom. The topological polar surface area (TPSA) is 61.4 Å². The Morgan fingerprint density at radius 1 is 1.20 bits per heavy atom. The second-order valence-corrected chi connectivity index (χ2v) is 5.50.